The van der Waals surface area contributed by atoms with Gasteiger partial charge < -0.3 is 14.6 Å². The van der Waals surface area contributed by atoms with Crippen LogP contribution in [0.4, 0.5) is 0 Å². The molecule has 3 aromatic heterocycles. The molecule has 1 N–H and O–H groups in total. The van der Waals surface area contributed by atoms with E-state index in [-0.39, 0.29) is 19.8 Å². The number of hydrogen-bond donors (Lipinski definition) is 1. The summed E-state index contributed by atoms with van der Waals surface area (Å²) in [5, 5.41) is 24.1. The largest absolute Gasteiger partial charge is 0.486 e. The molecule has 8 rings (SSSR count). The smallest absolute Gasteiger partial charge is 0.214 e. The number of aliphatic hydroxyl groups is 1. The molecule has 0 saturated carbocycles. The van der Waals surface area contributed by atoms with E-state index in [1.54, 1.807) is 10.9 Å². The van der Waals surface area contributed by atoms with Crippen molar-refractivity contribution in [3.63, 3.8) is 0 Å². The molecule has 266 valence electrons. The maximum absolute atomic E-state index is 9.26. The summed E-state index contributed by atoms with van der Waals surface area (Å²) >= 11 is 0. The summed E-state index contributed by atoms with van der Waals surface area (Å²) in [4.78, 5) is 11.2. The van der Waals surface area contributed by atoms with Crippen molar-refractivity contribution in [1.82, 2.24) is 30.2 Å². The predicted molar refractivity (Wildman–Crippen MR) is 209 cm³/mol. The van der Waals surface area contributed by atoms with Gasteiger partial charge in [-0.1, -0.05) is 140 Å². The quantitative estimate of drug-likeness (QED) is 0.119. The van der Waals surface area contributed by atoms with Gasteiger partial charge in [0.1, 0.15) is 24.5 Å². The highest BCUT2D eigenvalue weighted by molar-refractivity contribution is 5.82. The second-order valence-electron chi connectivity index (χ2n) is 12.8. The summed E-state index contributed by atoms with van der Waals surface area (Å²) in [6, 6.07) is 52.9. The zero-order valence-electron chi connectivity index (χ0n) is 29.8. The topological polar surface area (TPSA) is 108 Å². The van der Waals surface area contributed by atoms with Gasteiger partial charge in [-0.05, 0) is 57.1 Å². The van der Waals surface area contributed by atoms with Gasteiger partial charge in [-0.3, -0.25) is 4.98 Å². The molecule has 0 unspecified atom stereocenters. The summed E-state index contributed by atoms with van der Waals surface area (Å²) in [5.74, 6) is 1.48. The number of aryl methyl sites for hydroxylation is 1. The molecule has 0 radical (unpaired) electrons. The summed E-state index contributed by atoms with van der Waals surface area (Å²) in [6.07, 6.45) is 0.739. The summed E-state index contributed by atoms with van der Waals surface area (Å²) in [7, 11) is 0. The second kappa shape index (κ2) is 15.5. The lowest BCUT2D eigenvalue weighted by atomic mass is 9.77. The Morgan fingerprint density at radius 1 is 0.648 bits per heavy atom. The fourth-order valence-corrected chi connectivity index (χ4v) is 6.88. The Bertz CT molecular complexity index is 2380. The van der Waals surface area contributed by atoms with Crippen molar-refractivity contribution < 1.29 is 14.6 Å². The highest BCUT2D eigenvalue weighted by Gasteiger charge is 2.41. The van der Waals surface area contributed by atoms with Crippen molar-refractivity contribution in [3.05, 3.63) is 186 Å². The van der Waals surface area contributed by atoms with E-state index >= 15 is 0 Å². The van der Waals surface area contributed by atoms with Crippen molar-refractivity contribution in [2.75, 3.05) is 13.2 Å². The first-order valence-corrected chi connectivity index (χ1v) is 18.0. The van der Waals surface area contributed by atoms with Crippen LogP contribution in [0.5, 0.6) is 11.6 Å². The monoisotopic (exact) mass is 710 g/mol. The molecular formula is C45H38N6O3. The van der Waals surface area contributed by atoms with Gasteiger partial charge in [-0.2, -0.15) is 0 Å². The minimum absolute atomic E-state index is 0.105. The van der Waals surface area contributed by atoms with Crippen LogP contribution in [-0.4, -0.2) is 48.5 Å². The van der Waals surface area contributed by atoms with Crippen molar-refractivity contribution in [2.24, 2.45) is 0 Å². The number of nitrogens with zero attached hydrogens (tertiary/aromatic N) is 6. The van der Waals surface area contributed by atoms with Crippen LogP contribution in [0.2, 0.25) is 0 Å². The van der Waals surface area contributed by atoms with Gasteiger partial charge in [-0.15, -0.1) is 15.0 Å². The van der Waals surface area contributed by atoms with Gasteiger partial charge in [0.25, 0.3) is 0 Å². The number of ether oxygens (including phenoxy) is 2. The van der Waals surface area contributed by atoms with Crippen molar-refractivity contribution in [1.29, 1.82) is 0 Å². The minimum Gasteiger partial charge on any atom is -0.486 e. The lowest BCUT2D eigenvalue weighted by molar-refractivity contribution is 0.197. The number of fused-ring (bicyclic) bond motifs is 1. The van der Waals surface area contributed by atoms with Crippen LogP contribution in [0.3, 0.4) is 0 Å². The fraction of sp³-hybridized carbons (Fsp3) is 0.133. The standard InChI is InChI=1S/C45H38N6O3/c1-2-37-30-41(43-40(46-37)25-26-42(47-43)53-28-27-52)54-31-32-23-24-38(33-15-7-3-8-16-33)39(29-32)44-48-50-51(49-44)45(34-17-9-4-10-18-34,35-19-11-5-12-20-35)36-21-13-6-14-22-36/h3-26,29-30,52H,2,27-28,31H2,1H3. The molecule has 9 nitrogen and oxygen atoms in total. The summed E-state index contributed by atoms with van der Waals surface area (Å²) in [6.45, 7) is 2.35. The average molecular weight is 711 g/mol. The normalized spacial score (nSPS) is 11.4. The van der Waals surface area contributed by atoms with Crippen LogP contribution in [0.25, 0.3) is 33.5 Å². The first kappa shape index (κ1) is 34.4. The van der Waals surface area contributed by atoms with Gasteiger partial charge >= 0.3 is 0 Å². The molecule has 0 aliphatic heterocycles. The number of aliphatic hydroxyl groups excluding tert-OH is 1. The van der Waals surface area contributed by atoms with Crippen molar-refractivity contribution in [2.45, 2.75) is 25.5 Å². The van der Waals surface area contributed by atoms with Crippen molar-refractivity contribution in [3.8, 4) is 34.1 Å². The molecule has 3 heterocycles. The maximum Gasteiger partial charge on any atom is 0.214 e. The first-order chi connectivity index (χ1) is 26.7. The number of rotatable bonds is 13. The van der Waals surface area contributed by atoms with Gasteiger partial charge in [0.15, 0.2) is 5.54 Å². The molecule has 0 aliphatic carbocycles. The second-order valence-corrected chi connectivity index (χ2v) is 12.8. The Kier molecular flexibility index (Phi) is 9.86. The van der Waals surface area contributed by atoms with Gasteiger partial charge in [0.2, 0.25) is 11.7 Å². The first-order valence-electron chi connectivity index (χ1n) is 18.0. The molecule has 0 atom stereocenters. The Balaban J connectivity index is 1.24. The number of tetrazole rings is 1. The Hall–Kier alpha value is -6.71. The minimum atomic E-state index is -0.908. The Morgan fingerprint density at radius 3 is 1.89 bits per heavy atom. The molecule has 0 fully saturated rings. The van der Waals surface area contributed by atoms with Crippen LogP contribution < -0.4 is 9.47 Å². The number of benzene rings is 5. The third-order valence-electron chi connectivity index (χ3n) is 9.44. The molecule has 9 heteroatoms. The summed E-state index contributed by atoms with van der Waals surface area (Å²) in [5.41, 5.74) is 8.04. The third kappa shape index (κ3) is 6.68. The molecule has 5 aromatic carbocycles. The van der Waals surface area contributed by atoms with E-state index in [2.05, 4.69) is 78.6 Å². The van der Waals surface area contributed by atoms with E-state index in [0.29, 0.717) is 28.5 Å². The molecule has 0 aliphatic rings. The lowest BCUT2D eigenvalue weighted by Crippen LogP contribution is -2.39. The number of hydrogen-bond acceptors (Lipinski definition) is 8. The Morgan fingerprint density at radius 2 is 1.28 bits per heavy atom. The predicted octanol–water partition coefficient (Wildman–Crippen LogP) is 8.30. The van der Waals surface area contributed by atoms with Crippen molar-refractivity contribution >= 4 is 11.0 Å². The van der Waals surface area contributed by atoms with E-state index in [1.807, 2.05) is 84.9 Å². The van der Waals surface area contributed by atoms with E-state index in [0.717, 1.165) is 51.1 Å². The van der Waals surface area contributed by atoms with Gasteiger partial charge in [-0.25, -0.2) is 4.98 Å². The molecule has 0 saturated heterocycles. The highest BCUT2D eigenvalue weighted by atomic mass is 16.5. The molecule has 54 heavy (non-hydrogen) atoms. The maximum atomic E-state index is 9.26. The SMILES string of the molecule is CCc1cc(OCc2ccc(-c3ccccc3)c(-c3nnn(C(c4ccccc4)(c4ccccc4)c4ccccc4)n3)c2)c2nc(OCCO)ccc2n1. The highest BCUT2D eigenvalue weighted by Crippen LogP contribution is 2.40. The average Bonchev–Trinajstić information content (AvgIpc) is 3.74. The molecule has 0 spiro atoms. The Labute approximate surface area is 313 Å². The summed E-state index contributed by atoms with van der Waals surface area (Å²) < 4.78 is 12.1. The van der Waals surface area contributed by atoms with Crippen LogP contribution in [-0.2, 0) is 18.6 Å². The van der Waals surface area contributed by atoms with E-state index in [9.17, 15) is 5.11 Å². The lowest BCUT2D eigenvalue weighted by Gasteiger charge is -2.34. The zero-order valence-corrected chi connectivity index (χ0v) is 29.8. The van der Waals surface area contributed by atoms with Crippen LogP contribution in [0, 0.1) is 0 Å². The number of pyridine rings is 2. The molecule has 0 amide bonds. The zero-order chi connectivity index (χ0) is 36.7. The fourth-order valence-electron chi connectivity index (χ4n) is 6.88. The molecule has 0 bridgehead atoms. The van der Waals surface area contributed by atoms with Crippen LogP contribution >= 0.6 is 0 Å². The van der Waals surface area contributed by atoms with E-state index in [1.165, 1.54) is 0 Å². The van der Waals surface area contributed by atoms with Crippen LogP contribution in [0.15, 0.2) is 158 Å². The third-order valence-corrected chi connectivity index (χ3v) is 9.44. The van der Waals surface area contributed by atoms with Gasteiger partial charge in [0, 0.05) is 23.4 Å². The molecule has 8 aromatic rings. The van der Waals surface area contributed by atoms with Crippen LogP contribution in [0.1, 0.15) is 34.9 Å². The molecular weight excluding hydrogens is 673 g/mol. The van der Waals surface area contributed by atoms with Gasteiger partial charge in [0.05, 0.1) is 12.1 Å². The van der Waals surface area contributed by atoms with E-state index in [4.69, 9.17) is 29.9 Å². The van der Waals surface area contributed by atoms with E-state index < -0.39 is 5.54 Å². The number of aromatic nitrogens is 6.